The van der Waals surface area contributed by atoms with E-state index in [9.17, 15) is 4.79 Å². The molecule has 0 saturated carbocycles. The molecule has 1 aliphatic heterocycles. The Morgan fingerprint density at radius 1 is 1.32 bits per heavy atom. The molecule has 1 atom stereocenters. The summed E-state index contributed by atoms with van der Waals surface area (Å²) in [6, 6.07) is 3.68. The summed E-state index contributed by atoms with van der Waals surface area (Å²) in [5, 5.41) is 4.19. The minimum atomic E-state index is -0.0518. The highest BCUT2D eigenvalue weighted by Crippen LogP contribution is 2.16. The molecule has 3 aromatic rings. The molecular weight excluding hydrogens is 320 g/mol. The van der Waals surface area contributed by atoms with Crippen molar-refractivity contribution in [3.8, 4) is 0 Å². The van der Waals surface area contributed by atoms with Crippen LogP contribution in [0.15, 0.2) is 43.2 Å². The molecule has 0 unspecified atom stereocenters. The van der Waals surface area contributed by atoms with E-state index < -0.39 is 0 Å². The van der Waals surface area contributed by atoms with E-state index in [4.69, 9.17) is 4.74 Å². The van der Waals surface area contributed by atoms with Crippen LogP contribution in [0, 0.1) is 0 Å². The predicted molar refractivity (Wildman–Crippen MR) is 89.0 cm³/mol. The van der Waals surface area contributed by atoms with Gasteiger partial charge >= 0.3 is 0 Å². The number of aryl methyl sites for hydroxylation is 1. The third-order valence-corrected chi connectivity index (χ3v) is 4.30. The van der Waals surface area contributed by atoms with Crippen LogP contribution in [0.25, 0.3) is 5.65 Å². The van der Waals surface area contributed by atoms with E-state index >= 15 is 0 Å². The zero-order valence-corrected chi connectivity index (χ0v) is 13.7. The number of rotatable bonds is 4. The summed E-state index contributed by atoms with van der Waals surface area (Å²) in [6.45, 7) is 1.67. The molecule has 4 rings (SSSR count). The van der Waals surface area contributed by atoms with Crippen LogP contribution in [0.1, 0.15) is 22.5 Å². The van der Waals surface area contributed by atoms with E-state index in [0.29, 0.717) is 30.9 Å². The summed E-state index contributed by atoms with van der Waals surface area (Å²) in [5.74, 6) is -0.0518. The maximum Gasteiger partial charge on any atom is 0.259 e. The van der Waals surface area contributed by atoms with Crippen molar-refractivity contribution >= 4 is 11.6 Å². The first-order valence-electron chi connectivity index (χ1n) is 8.25. The first kappa shape index (κ1) is 15.6. The summed E-state index contributed by atoms with van der Waals surface area (Å²) in [6.07, 6.45) is 9.92. The van der Waals surface area contributed by atoms with Gasteiger partial charge in [-0.3, -0.25) is 4.79 Å². The van der Waals surface area contributed by atoms with Crippen molar-refractivity contribution in [2.75, 3.05) is 19.7 Å². The Morgan fingerprint density at radius 3 is 3.16 bits per heavy atom. The zero-order chi connectivity index (χ0) is 17.1. The highest BCUT2D eigenvalue weighted by molar-refractivity contribution is 5.99. The van der Waals surface area contributed by atoms with Crippen LogP contribution in [0.2, 0.25) is 0 Å². The molecule has 0 bridgehead atoms. The standard InChI is InChI=1S/C17H18N6O2/c24-17(15-10-21-23-7-1-5-19-16(15)23)22-8-9-25-14(11-22)3-2-13-4-6-18-12-20-13/h1,4-7,10,12,14H,2-3,8-9,11H2/t14-/m0/s1. The van der Waals surface area contributed by atoms with Gasteiger partial charge in [0.25, 0.3) is 5.91 Å². The molecule has 0 radical (unpaired) electrons. The number of carbonyl (C=O) groups excluding carboxylic acids is 1. The first-order chi connectivity index (χ1) is 12.3. The van der Waals surface area contributed by atoms with Crippen molar-refractivity contribution in [3.63, 3.8) is 0 Å². The smallest absolute Gasteiger partial charge is 0.259 e. The number of aromatic nitrogens is 5. The number of nitrogens with zero attached hydrogens (tertiary/aromatic N) is 6. The maximum absolute atomic E-state index is 12.9. The molecule has 0 aliphatic carbocycles. The quantitative estimate of drug-likeness (QED) is 0.705. The van der Waals surface area contributed by atoms with Crippen LogP contribution >= 0.6 is 0 Å². The maximum atomic E-state index is 12.9. The Hall–Kier alpha value is -2.87. The van der Waals surface area contributed by atoms with Crippen LogP contribution < -0.4 is 0 Å². The van der Waals surface area contributed by atoms with Gasteiger partial charge in [0, 0.05) is 37.4 Å². The number of carbonyl (C=O) groups is 1. The molecule has 128 valence electrons. The lowest BCUT2D eigenvalue weighted by Crippen LogP contribution is -2.45. The molecule has 4 heterocycles. The third-order valence-electron chi connectivity index (χ3n) is 4.30. The van der Waals surface area contributed by atoms with Gasteiger partial charge in [-0.2, -0.15) is 5.10 Å². The fourth-order valence-electron chi connectivity index (χ4n) is 3.00. The van der Waals surface area contributed by atoms with E-state index in [-0.39, 0.29) is 12.0 Å². The van der Waals surface area contributed by atoms with Crippen LogP contribution in [-0.2, 0) is 11.2 Å². The Morgan fingerprint density at radius 2 is 2.28 bits per heavy atom. The monoisotopic (exact) mass is 338 g/mol. The van der Waals surface area contributed by atoms with Gasteiger partial charge in [0.05, 0.1) is 18.9 Å². The number of amides is 1. The van der Waals surface area contributed by atoms with E-state index in [1.807, 2.05) is 11.0 Å². The second-order valence-electron chi connectivity index (χ2n) is 5.93. The van der Waals surface area contributed by atoms with Crippen LogP contribution in [0.4, 0.5) is 0 Å². The van der Waals surface area contributed by atoms with Crippen molar-refractivity contribution < 1.29 is 9.53 Å². The van der Waals surface area contributed by atoms with Crippen LogP contribution in [0.5, 0.6) is 0 Å². The number of morpholine rings is 1. The lowest BCUT2D eigenvalue weighted by atomic mass is 10.1. The molecular formula is C17H18N6O2. The van der Waals surface area contributed by atoms with Gasteiger partial charge in [-0.15, -0.1) is 0 Å². The number of fused-ring (bicyclic) bond motifs is 1. The SMILES string of the molecule is O=C(c1cnn2cccnc12)N1CCO[C@@H](CCc2ccncn2)C1. The highest BCUT2D eigenvalue weighted by Gasteiger charge is 2.27. The molecule has 1 aliphatic rings. The zero-order valence-electron chi connectivity index (χ0n) is 13.7. The summed E-state index contributed by atoms with van der Waals surface area (Å²) < 4.78 is 7.42. The van der Waals surface area contributed by atoms with Crippen molar-refractivity contribution in [1.82, 2.24) is 29.5 Å². The lowest BCUT2D eigenvalue weighted by Gasteiger charge is -2.32. The van der Waals surface area contributed by atoms with Gasteiger partial charge < -0.3 is 9.64 Å². The van der Waals surface area contributed by atoms with Crippen molar-refractivity contribution in [1.29, 1.82) is 0 Å². The van der Waals surface area contributed by atoms with Gasteiger partial charge in [-0.05, 0) is 25.0 Å². The molecule has 0 spiro atoms. The Bertz CT molecular complexity index is 866. The van der Waals surface area contributed by atoms with Gasteiger partial charge in [0.2, 0.25) is 0 Å². The average Bonchev–Trinajstić information content (AvgIpc) is 3.11. The second kappa shape index (κ2) is 6.94. The van der Waals surface area contributed by atoms with Gasteiger partial charge in [-0.1, -0.05) is 0 Å². The first-order valence-corrected chi connectivity index (χ1v) is 8.25. The molecule has 3 aromatic heterocycles. The predicted octanol–water partition coefficient (Wildman–Crippen LogP) is 0.993. The van der Waals surface area contributed by atoms with Gasteiger partial charge in [0.15, 0.2) is 5.65 Å². The summed E-state index contributed by atoms with van der Waals surface area (Å²) in [5.41, 5.74) is 2.09. The van der Waals surface area contributed by atoms with Crippen molar-refractivity contribution in [2.45, 2.75) is 18.9 Å². The molecule has 8 nitrogen and oxygen atoms in total. The van der Waals surface area contributed by atoms with Crippen molar-refractivity contribution in [2.24, 2.45) is 0 Å². The highest BCUT2D eigenvalue weighted by atomic mass is 16.5. The van der Waals surface area contributed by atoms with E-state index in [1.165, 1.54) is 0 Å². The fourth-order valence-corrected chi connectivity index (χ4v) is 3.00. The minimum Gasteiger partial charge on any atom is -0.375 e. The lowest BCUT2D eigenvalue weighted by molar-refractivity contribution is -0.0246. The molecule has 25 heavy (non-hydrogen) atoms. The molecule has 0 N–H and O–H groups in total. The Kier molecular flexibility index (Phi) is 4.34. The number of hydrogen-bond acceptors (Lipinski definition) is 6. The fraction of sp³-hybridized carbons (Fsp3) is 0.353. The second-order valence-corrected chi connectivity index (χ2v) is 5.93. The summed E-state index contributed by atoms with van der Waals surface area (Å²) >= 11 is 0. The normalized spacial score (nSPS) is 17.8. The van der Waals surface area contributed by atoms with E-state index in [2.05, 4.69) is 20.1 Å². The number of ether oxygens (including phenoxy) is 1. The third kappa shape index (κ3) is 3.34. The Labute approximate surface area is 144 Å². The minimum absolute atomic E-state index is 0.00228. The summed E-state index contributed by atoms with van der Waals surface area (Å²) in [4.78, 5) is 27.1. The average molecular weight is 338 g/mol. The molecule has 1 amide bonds. The molecule has 0 aromatic carbocycles. The largest absolute Gasteiger partial charge is 0.375 e. The van der Waals surface area contributed by atoms with Crippen molar-refractivity contribution in [3.05, 3.63) is 54.5 Å². The van der Waals surface area contributed by atoms with E-state index in [0.717, 1.165) is 18.5 Å². The van der Waals surface area contributed by atoms with Crippen LogP contribution in [-0.4, -0.2) is 61.2 Å². The molecule has 8 heteroatoms. The topological polar surface area (TPSA) is 85.5 Å². The van der Waals surface area contributed by atoms with E-state index in [1.54, 1.807) is 41.7 Å². The van der Waals surface area contributed by atoms with Crippen LogP contribution in [0.3, 0.4) is 0 Å². The number of hydrogen-bond donors (Lipinski definition) is 0. The molecule has 1 saturated heterocycles. The van der Waals surface area contributed by atoms with Gasteiger partial charge in [-0.25, -0.2) is 19.5 Å². The summed E-state index contributed by atoms with van der Waals surface area (Å²) in [7, 11) is 0. The van der Waals surface area contributed by atoms with Gasteiger partial charge in [0.1, 0.15) is 11.9 Å². The Balaban J connectivity index is 1.43. The molecule has 1 fully saturated rings.